The largest absolute Gasteiger partial charge is 0.374 e. The van der Waals surface area contributed by atoms with E-state index in [1.54, 1.807) is 0 Å². The van der Waals surface area contributed by atoms with Crippen LogP contribution >= 0.6 is 23.1 Å². The number of thioether (sulfide) groups is 1. The summed E-state index contributed by atoms with van der Waals surface area (Å²) >= 11 is 2.37. The maximum absolute atomic E-state index is 13.0. The Bertz CT molecular complexity index is 692. The van der Waals surface area contributed by atoms with Gasteiger partial charge in [-0.25, -0.2) is 4.39 Å². The van der Waals surface area contributed by atoms with E-state index in [4.69, 9.17) is 11.5 Å². The number of anilines is 2. The van der Waals surface area contributed by atoms with Crippen molar-refractivity contribution in [2.45, 2.75) is 10.8 Å². The Kier molecular flexibility index (Phi) is 5.88. The molecule has 0 radical (unpaired) electrons. The van der Waals surface area contributed by atoms with Crippen LogP contribution < -0.4 is 16.4 Å². The van der Waals surface area contributed by atoms with Crippen molar-refractivity contribution in [3.05, 3.63) is 30.1 Å². The topological polar surface area (TPSA) is 115 Å². The van der Waals surface area contributed by atoms with Gasteiger partial charge in [-0.2, -0.15) is 0 Å². The number of nitrogens with zero attached hydrogens (tertiary/aromatic N) is 3. The molecular formula is C13H14FN5O2S2. The number of benzene rings is 1. The molecule has 1 aromatic carbocycles. The van der Waals surface area contributed by atoms with Gasteiger partial charge in [0.25, 0.3) is 0 Å². The lowest BCUT2D eigenvalue weighted by molar-refractivity contribution is -0.118. The number of nitrogens with two attached hydrogens (primary N) is 2. The molecule has 2 rings (SSSR count). The molecule has 0 aliphatic carbocycles. The molecule has 0 atom stereocenters. The Morgan fingerprint density at radius 1 is 1.26 bits per heavy atom. The zero-order chi connectivity index (χ0) is 16.8. The van der Waals surface area contributed by atoms with Crippen LogP contribution in [-0.2, 0) is 9.59 Å². The normalized spacial score (nSPS) is 10.5. The zero-order valence-corrected chi connectivity index (χ0v) is 13.6. The third-order valence-electron chi connectivity index (χ3n) is 2.76. The maximum Gasteiger partial charge on any atom is 0.237 e. The van der Waals surface area contributed by atoms with Gasteiger partial charge in [0, 0.05) is 18.7 Å². The second-order valence-electron chi connectivity index (χ2n) is 4.43. The van der Waals surface area contributed by atoms with E-state index in [1.807, 2.05) is 0 Å². The molecule has 0 aliphatic rings. The van der Waals surface area contributed by atoms with Crippen LogP contribution in [0.1, 0.15) is 6.42 Å². The molecule has 0 fully saturated rings. The summed E-state index contributed by atoms with van der Waals surface area (Å²) in [6.07, 6.45) is 0.0134. The second-order valence-corrected chi connectivity index (χ2v) is 6.66. The van der Waals surface area contributed by atoms with E-state index in [-0.39, 0.29) is 24.6 Å². The summed E-state index contributed by atoms with van der Waals surface area (Å²) in [6.45, 7) is 0.124. The molecule has 0 spiro atoms. The van der Waals surface area contributed by atoms with Crippen molar-refractivity contribution in [1.29, 1.82) is 0 Å². The predicted octanol–water partition coefficient (Wildman–Crippen LogP) is 1.26. The molecule has 7 nitrogen and oxygen atoms in total. The number of halogens is 1. The summed E-state index contributed by atoms with van der Waals surface area (Å²) in [4.78, 5) is 24.8. The van der Waals surface area contributed by atoms with Crippen LogP contribution in [0.25, 0.3) is 0 Å². The highest BCUT2D eigenvalue weighted by Crippen LogP contribution is 2.25. The first-order chi connectivity index (χ1) is 11.0. The Labute approximate surface area is 139 Å². The van der Waals surface area contributed by atoms with Gasteiger partial charge in [0.2, 0.25) is 16.9 Å². The number of hydrogen-bond acceptors (Lipinski definition) is 7. The molecule has 0 unspecified atom stereocenters. The number of carbonyl (C=O) groups is 2. The Morgan fingerprint density at radius 3 is 2.52 bits per heavy atom. The van der Waals surface area contributed by atoms with E-state index in [9.17, 15) is 14.0 Å². The number of carbonyl (C=O) groups excluding carboxylic acids is 2. The molecule has 0 aliphatic heterocycles. The van der Waals surface area contributed by atoms with Gasteiger partial charge in [0.05, 0.1) is 5.75 Å². The van der Waals surface area contributed by atoms with Crippen LogP contribution in [0.15, 0.2) is 28.6 Å². The lowest BCUT2D eigenvalue weighted by Gasteiger charge is -2.22. The highest BCUT2D eigenvalue weighted by Gasteiger charge is 2.18. The van der Waals surface area contributed by atoms with E-state index >= 15 is 0 Å². The summed E-state index contributed by atoms with van der Waals surface area (Å²) in [6, 6.07) is 5.45. The van der Waals surface area contributed by atoms with Crippen molar-refractivity contribution in [2.75, 3.05) is 22.9 Å². The highest BCUT2D eigenvalue weighted by molar-refractivity contribution is 8.01. The molecule has 0 saturated heterocycles. The van der Waals surface area contributed by atoms with E-state index in [1.165, 1.54) is 52.3 Å². The minimum Gasteiger partial charge on any atom is -0.374 e. The number of primary amides is 1. The minimum atomic E-state index is -0.519. The maximum atomic E-state index is 13.0. The summed E-state index contributed by atoms with van der Waals surface area (Å²) in [5.41, 5.74) is 11.1. The van der Waals surface area contributed by atoms with E-state index in [0.29, 0.717) is 15.2 Å². The van der Waals surface area contributed by atoms with Crippen molar-refractivity contribution in [2.24, 2.45) is 5.73 Å². The first-order valence-corrected chi connectivity index (χ1v) is 8.32. The van der Waals surface area contributed by atoms with Gasteiger partial charge in [-0.05, 0) is 24.3 Å². The van der Waals surface area contributed by atoms with Crippen molar-refractivity contribution in [3.8, 4) is 0 Å². The molecule has 0 saturated carbocycles. The van der Waals surface area contributed by atoms with Crippen molar-refractivity contribution in [3.63, 3.8) is 0 Å². The molecule has 2 aromatic rings. The Balaban J connectivity index is 2.06. The third-order valence-corrected chi connectivity index (χ3v) is 4.63. The lowest BCUT2D eigenvalue weighted by Crippen LogP contribution is -2.35. The van der Waals surface area contributed by atoms with Crippen molar-refractivity contribution >= 4 is 45.7 Å². The van der Waals surface area contributed by atoms with E-state index in [0.717, 1.165) is 0 Å². The van der Waals surface area contributed by atoms with Gasteiger partial charge >= 0.3 is 0 Å². The summed E-state index contributed by atoms with van der Waals surface area (Å²) < 4.78 is 13.6. The SMILES string of the molecule is NC(=O)CCN(C(=O)CSc1nnc(N)s1)c1ccc(F)cc1. The first-order valence-electron chi connectivity index (χ1n) is 6.51. The average Bonchev–Trinajstić information content (AvgIpc) is 2.92. The molecular weight excluding hydrogens is 341 g/mol. The van der Waals surface area contributed by atoms with Gasteiger partial charge < -0.3 is 16.4 Å². The highest BCUT2D eigenvalue weighted by atomic mass is 32.2. The van der Waals surface area contributed by atoms with Crippen LogP contribution in [0.2, 0.25) is 0 Å². The van der Waals surface area contributed by atoms with Crippen LogP contribution in [0.5, 0.6) is 0 Å². The fourth-order valence-corrected chi connectivity index (χ4v) is 3.23. The Hall–Kier alpha value is -2.20. The summed E-state index contributed by atoms with van der Waals surface area (Å²) in [5, 5.41) is 7.81. The second kappa shape index (κ2) is 7.88. The van der Waals surface area contributed by atoms with Crippen molar-refractivity contribution in [1.82, 2.24) is 10.2 Å². The van der Waals surface area contributed by atoms with Crippen LogP contribution in [0.3, 0.4) is 0 Å². The van der Waals surface area contributed by atoms with Gasteiger partial charge in [0.15, 0.2) is 4.34 Å². The first kappa shape index (κ1) is 17.2. The zero-order valence-electron chi connectivity index (χ0n) is 11.9. The number of hydrogen-bond donors (Lipinski definition) is 2. The number of rotatable bonds is 7. The minimum absolute atomic E-state index is 0.0134. The summed E-state index contributed by atoms with van der Waals surface area (Å²) in [5.74, 6) is -1.09. The fourth-order valence-electron chi connectivity index (χ4n) is 1.72. The smallest absolute Gasteiger partial charge is 0.237 e. The van der Waals surface area contributed by atoms with Gasteiger partial charge in [-0.15, -0.1) is 10.2 Å². The molecule has 23 heavy (non-hydrogen) atoms. The standard InChI is InChI=1S/C13H14FN5O2S2/c14-8-1-3-9(4-2-8)19(6-5-10(15)20)11(21)7-22-13-18-17-12(16)23-13/h1-4H,5-7H2,(H2,15,20)(H2,16,17). The quantitative estimate of drug-likeness (QED) is 0.723. The number of nitrogen functional groups attached to an aromatic ring is 1. The fraction of sp³-hybridized carbons (Fsp3) is 0.231. The molecule has 10 heteroatoms. The summed E-state index contributed by atoms with van der Waals surface area (Å²) in [7, 11) is 0. The molecule has 1 heterocycles. The average molecular weight is 355 g/mol. The molecule has 2 amide bonds. The molecule has 1 aromatic heterocycles. The lowest BCUT2D eigenvalue weighted by atomic mass is 10.2. The monoisotopic (exact) mass is 355 g/mol. The molecule has 4 N–H and O–H groups in total. The third kappa shape index (κ3) is 5.18. The van der Waals surface area contributed by atoms with E-state index < -0.39 is 11.7 Å². The van der Waals surface area contributed by atoms with Crippen LogP contribution in [0, 0.1) is 5.82 Å². The molecule has 0 bridgehead atoms. The van der Waals surface area contributed by atoms with Gasteiger partial charge in [-0.3, -0.25) is 9.59 Å². The number of aromatic nitrogens is 2. The Morgan fingerprint density at radius 2 is 1.96 bits per heavy atom. The van der Waals surface area contributed by atoms with E-state index in [2.05, 4.69) is 10.2 Å². The number of amides is 2. The van der Waals surface area contributed by atoms with Gasteiger partial charge in [-0.1, -0.05) is 23.1 Å². The van der Waals surface area contributed by atoms with Crippen LogP contribution in [-0.4, -0.2) is 34.3 Å². The predicted molar refractivity (Wildman–Crippen MR) is 87.6 cm³/mol. The van der Waals surface area contributed by atoms with Gasteiger partial charge in [0.1, 0.15) is 5.82 Å². The van der Waals surface area contributed by atoms with Crippen molar-refractivity contribution < 1.29 is 14.0 Å². The van der Waals surface area contributed by atoms with Crippen LogP contribution in [0.4, 0.5) is 15.2 Å². The molecule has 122 valence electrons.